The maximum Gasteiger partial charge on any atom is 0.264 e. The number of hydrogen-bond donors (Lipinski definition) is 2. The smallest absolute Gasteiger partial charge is 0.264 e. The third-order valence-electron chi connectivity index (χ3n) is 6.01. The van der Waals surface area contributed by atoms with Crippen molar-refractivity contribution in [2.45, 2.75) is 36.5 Å². The third kappa shape index (κ3) is 6.27. The Labute approximate surface area is 221 Å². The van der Waals surface area contributed by atoms with Crippen LogP contribution in [-0.2, 0) is 20.0 Å². The van der Waals surface area contributed by atoms with Crippen LogP contribution in [0.3, 0.4) is 0 Å². The molecule has 1 aromatic heterocycles. The fourth-order valence-corrected chi connectivity index (χ4v) is 6.46. The van der Waals surface area contributed by atoms with E-state index in [4.69, 9.17) is 11.6 Å². The number of carbonyl (C=O) groups excluding carboxylic acids is 1. The monoisotopic (exact) mass is 563 g/mol. The second kappa shape index (κ2) is 10.7. The first-order valence-corrected chi connectivity index (χ1v) is 14.8. The molecule has 196 valence electrons. The molecule has 0 unspecified atom stereocenters. The van der Waals surface area contributed by atoms with E-state index in [0.29, 0.717) is 30.4 Å². The Bertz CT molecular complexity index is 1520. The van der Waals surface area contributed by atoms with E-state index in [1.165, 1.54) is 53.0 Å². The molecular formula is C24H26ClN5O5S2. The lowest BCUT2D eigenvalue weighted by molar-refractivity contribution is 0.102. The number of amides is 1. The molecule has 0 atom stereocenters. The maximum absolute atomic E-state index is 13.1. The number of piperidine rings is 1. The van der Waals surface area contributed by atoms with Gasteiger partial charge in [0.1, 0.15) is 0 Å². The first-order valence-electron chi connectivity index (χ1n) is 11.5. The fourth-order valence-electron chi connectivity index (χ4n) is 3.81. The zero-order valence-electron chi connectivity index (χ0n) is 20.2. The van der Waals surface area contributed by atoms with E-state index in [9.17, 15) is 21.6 Å². The molecule has 2 aromatic carbocycles. The molecule has 1 aliphatic rings. The van der Waals surface area contributed by atoms with Gasteiger partial charge in [0.05, 0.1) is 20.4 Å². The fraction of sp³-hybridized carbons (Fsp3) is 0.292. The first kappa shape index (κ1) is 27.0. The molecular weight excluding hydrogens is 538 g/mol. The lowest BCUT2D eigenvalue weighted by Gasteiger charge is -2.29. The molecule has 1 aliphatic heterocycles. The maximum atomic E-state index is 13.1. The number of hydrogen-bond acceptors (Lipinski definition) is 7. The molecule has 1 saturated heterocycles. The lowest BCUT2D eigenvalue weighted by atomic mass is 10.0. The molecule has 3 aromatic rings. The summed E-state index contributed by atoms with van der Waals surface area (Å²) >= 11 is 6.22. The Kier molecular flexibility index (Phi) is 7.83. The minimum atomic E-state index is -3.95. The van der Waals surface area contributed by atoms with Crippen LogP contribution in [0, 0.1) is 12.8 Å². The van der Waals surface area contributed by atoms with Gasteiger partial charge in [-0.2, -0.15) is 4.31 Å². The van der Waals surface area contributed by atoms with Gasteiger partial charge in [-0.15, -0.1) is 0 Å². The largest absolute Gasteiger partial charge is 0.322 e. The number of aromatic nitrogens is 2. The molecule has 4 rings (SSSR count). The van der Waals surface area contributed by atoms with Crippen LogP contribution in [0.2, 0.25) is 5.02 Å². The predicted octanol–water partition coefficient (Wildman–Crippen LogP) is 3.91. The van der Waals surface area contributed by atoms with Crippen LogP contribution in [0.1, 0.15) is 35.8 Å². The van der Waals surface area contributed by atoms with Gasteiger partial charge in [0.25, 0.3) is 15.9 Å². The van der Waals surface area contributed by atoms with Crippen LogP contribution in [-0.4, -0.2) is 50.1 Å². The van der Waals surface area contributed by atoms with E-state index in [2.05, 4.69) is 26.9 Å². The van der Waals surface area contributed by atoms with Crippen molar-refractivity contribution in [2.24, 2.45) is 5.92 Å². The topological polar surface area (TPSA) is 138 Å². The van der Waals surface area contributed by atoms with E-state index < -0.39 is 26.0 Å². The van der Waals surface area contributed by atoms with Gasteiger partial charge in [-0.05, 0) is 74.2 Å². The molecule has 0 spiro atoms. The Morgan fingerprint density at radius 1 is 1.00 bits per heavy atom. The van der Waals surface area contributed by atoms with Crippen molar-refractivity contribution >= 4 is 49.2 Å². The molecule has 10 nitrogen and oxygen atoms in total. The zero-order chi connectivity index (χ0) is 26.8. The van der Waals surface area contributed by atoms with Gasteiger partial charge in [-0.1, -0.05) is 18.5 Å². The number of nitrogens with one attached hydrogen (secondary N) is 2. The summed E-state index contributed by atoms with van der Waals surface area (Å²) in [6.07, 6.45) is 3.00. The summed E-state index contributed by atoms with van der Waals surface area (Å²) in [5.74, 6) is -0.219. The summed E-state index contributed by atoms with van der Waals surface area (Å²) in [5, 5.41) is 2.72. The highest BCUT2D eigenvalue weighted by molar-refractivity contribution is 7.92. The quantitative estimate of drug-likeness (QED) is 0.444. The number of rotatable bonds is 7. The summed E-state index contributed by atoms with van der Waals surface area (Å²) in [6.45, 7) is 4.65. The highest BCUT2D eigenvalue weighted by atomic mass is 35.5. The van der Waals surface area contributed by atoms with E-state index in [-0.39, 0.29) is 26.3 Å². The number of aryl methyl sites for hydroxylation is 1. The average Bonchev–Trinajstić information content (AvgIpc) is 2.84. The number of sulfonamides is 2. The van der Waals surface area contributed by atoms with Gasteiger partial charge in [-0.25, -0.2) is 31.5 Å². The second-order valence-electron chi connectivity index (χ2n) is 8.83. The first-order chi connectivity index (χ1) is 17.5. The molecule has 1 amide bonds. The Hall–Kier alpha value is -3.06. The van der Waals surface area contributed by atoms with Crippen molar-refractivity contribution in [3.63, 3.8) is 0 Å². The highest BCUT2D eigenvalue weighted by Crippen LogP contribution is 2.27. The minimum Gasteiger partial charge on any atom is -0.322 e. The van der Waals surface area contributed by atoms with Gasteiger partial charge in [0.2, 0.25) is 16.0 Å². The van der Waals surface area contributed by atoms with Crippen molar-refractivity contribution in [1.29, 1.82) is 0 Å². The van der Waals surface area contributed by atoms with Gasteiger partial charge in [0, 0.05) is 30.7 Å². The number of halogens is 1. The molecule has 0 aliphatic carbocycles. The Morgan fingerprint density at radius 3 is 2.30 bits per heavy atom. The molecule has 13 heteroatoms. The van der Waals surface area contributed by atoms with Gasteiger partial charge in [-0.3, -0.25) is 4.79 Å². The number of carbonyl (C=O) groups is 1. The van der Waals surface area contributed by atoms with Crippen molar-refractivity contribution in [2.75, 3.05) is 23.1 Å². The molecule has 37 heavy (non-hydrogen) atoms. The molecule has 2 heterocycles. The third-order valence-corrected chi connectivity index (χ3v) is 9.57. The summed E-state index contributed by atoms with van der Waals surface area (Å²) < 4.78 is 55.2. The number of anilines is 2. The lowest BCUT2D eigenvalue weighted by Crippen LogP contribution is -2.37. The van der Waals surface area contributed by atoms with Gasteiger partial charge in [0.15, 0.2) is 0 Å². The normalized spacial score (nSPS) is 15.3. The second-order valence-corrected chi connectivity index (χ2v) is 12.9. The summed E-state index contributed by atoms with van der Waals surface area (Å²) in [7, 11) is -7.72. The average molecular weight is 564 g/mol. The molecule has 0 radical (unpaired) electrons. The summed E-state index contributed by atoms with van der Waals surface area (Å²) in [4.78, 5) is 20.8. The van der Waals surface area contributed by atoms with E-state index in [1.807, 2.05) is 0 Å². The Morgan fingerprint density at radius 2 is 1.65 bits per heavy atom. The van der Waals surface area contributed by atoms with Crippen molar-refractivity contribution in [1.82, 2.24) is 14.3 Å². The van der Waals surface area contributed by atoms with E-state index in [1.54, 1.807) is 13.0 Å². The van der Waals surface area contributed by atoms with E-state index >= 15 is 0 Å². The van der Waals surface area contributed by atoms with Crippen LogP contribution in [0.4, 0.5) is 11.6 Å². The van der Waals surface area contributed by atoms with Crippen LogP contribution in [0.25, 0.3) is 0 Å². The van der Waals surface area contributed by atoms with Gasteiger partial charge >= 0.3 is 0 Å². The minimum absolute atomic E-state index is 0.0110. The van der Waals surface area contributed by atoms with Gasteiger partial charge < -0.3 is 5.32 Å². The van der Waals surface area contributed by atoms with Crippen LogP contribution >= 0.6 is 11.6 Å². The highest BCUT2D eigenvalue weighted by Gasteiger charge is 2.29. The van der Waals surface area contributed by atoms with Crippen LogP contribution < -0.4 is 10.0 Å². The number of nitrogens with zero attached hydrogens (tertiary/aromatic N) is 3. The molecule has 2 N–H and O–H groups in total. The molecule has 0 saturated carbocycles. The van der Waals surface area contributed by atoms with Crippen molar-refractivity contribution in [3.8, 4) is 0 Å². The standard InChI is InChI=1S/C24H26ClN5O5S2/c1-16-10-13-30(14-11-16)37(34,35)20-7-8-22(25)21(15-20)23(31)28-18-3-5-19(6-4-18)36(32,33)29-24-26-12-9-17(2)27-24/h3-9,12,15-16H,10-11,13-14H2,1-2H3,(H,28,31)(H,26,27,29). The van der Waals surface area contributed by atoms with Crippen LogP contribution in [0.5, 0.6) is 0 Å². The Balaban J connectivity index is 1.49. The van der Waals surface area contributed by atoms with E-state index in [0.717, 1.165) is 12.8 Å². The van der Waals surface area contributed by atoms with Crippen molar-refractivity contribution < 1.29 is 21.6 Å². The molecule has 1 fully saturated rings. The van der Waals surface area contributed by atoms with Crippen LogP contribution in [0.15, 0.2) is 64.5 Å². The SMILES string of the molecule is Cc1ccnc(NS(=O)(=O)c2ccc(NC(=O)c3cc(S(=O)(=O)N4CCC(C)CC4)ccc3Cl)cc2)n1. The predicted molar refractivity (Wildman–Crippen MR) is 141 cm³/mol. The number of benzene rings is 2. The molecule has 0 bridgehead atoms. The zero-order valence-corrected chi connectivity index (χ0v) is 22.6. The summed E-state index contributed by atoms with van der Waals surface area (Å²) in [5.41, 5.74) is 0.889. The summed E-state index contributed by atoms with van der Waals surface area (Å²) in [6, 6.07) is 11.1. The van der Waals surface area contributed by atoms with Crippen molar-refractivity contribution in [3.05, 3.63) is 71.0 Å².